The van der Waals surface area contributed by atoms with Gasteiger partial charge in [-0.3, -0.25) is 4.79 Å². The number of amides is 1. The molecule has 0 heterocycles. The van der Waals surface area contributed by atoms with E-state index in [0.29, 0.717) is 5.56 Å². The number of aliphatic hydroxyl groups excluding tert-OH is 1. The zero-order chi connectivity index (χ0) is 13.4. The Labute approximate surface area is 108 Å². The number of hydrogen-bond acceptors (Lipinski definition) is 3. The number of carbonyl (C=O) groups is 1. The summed E-state index contributed by atoms with van der Waals surface area (Å²) in [5.41, 5.74) is 8.04. The minimum absolute atomic E-state index is 0.272. The molecule has 1 rings (SSSR count). The lowest BCUT2D eigenvalue weighted by atomic mass is 10.0. The quantitative estimate of drug-likeness (QED) is 0.610. The van der Waals surface area contributed by atoms with E-state index in [-0.39, 0.29) is 12.5 Å². The molecule has 100 valence electrons. The Morgan fingerprint density at radius 3 is 2.72 bits per heavy atom. The standard InChI is InChI=1S/C14H22N2O2/c1-11-9-12(14(15)18)5-6-13(11)10-16-7-3-2-4-8-17/h5-6,9,16-17H,2-4,7-8,10H2,1H3,(H2,15,18). The summed E-state index contributed by atoms with van der Waals surface area (Å²) in [6.45, 7) is 3.99. The molecule has 0 spiro atoms. The van der Waals surface area contributed by atoms with Gasteiger partial charge < -0.3 is 16.2 Å². The molecular formula is C14H22N2O2. The molecular weight excluding hydrogens is 228 g/mol. The van der Waals surface area contributed by atoms with Crippen molar-refractivity contribution in [3.8, 4) is 0 Å². The van der Waals surface area contributed by atoms with Gasteiger partial charge in [-0.05, 0) is 56.0 Å². The van der Waals surface area contributed by atoms with Gasteiger partial charge in [-0.1, -0.05) is 6.07 Å². The molecule has 0 radical (unpaired) electrons. The van der Waals surface area contributed by atoms with Gasteiger partial charge in [0.15, 0.2) is 0 Å². The van der Waals surface area contributed by atoms with Crippen molar-refractivity contribution in [1.29, 1.82) is 0 Å². The molecule has 0 saturated carbocycles. The first-order valence-corrected chi connectivity index (χ1v) is 6.36. The molecule has 0 aromatic heterocycles. The van der Waals surface area contributed by atoms with Crippen molar-refractivity contribution >= 4 is 5.91 Å². The Morgan fingerprint density at radius 1 is 1.33 bits per heavy atom. The van der Waals surface area contributed by atoms with Gasteiger partial charge in [0.2, 0.25) is 5.91 Å². The molecule has 0 unspecified atom stereocenters. The van der Waals surface area contributed by atoms with Gasteiger partial charge in [0.05, 0.1) is 0 Å². The van der Waals surface area contributed by atoms with Crippen LogP contribution in [0.25, 0.3) is 0 Å². The van der Waals surface area contributed by atoms with E-state index in [9.17, 15) is 4.79 Å². The van der Waals surface area contributed by atoms with Crippen LogP contribution in [-0.4, -0.2) is 24.2 Å². The van der Waals surface area contributed by atoms with Crippen molar-refractivity contribution in [2.45, 2.75) is 32.7 Å². The summed E-state index contributed by atoms with van der Waals surface area (Å²) in [6, 6.07) is 5.53. The number of carbonyl (C=O) groups excluding carboxylic acids is 1. The maximum Gasteiger partial charge on any atom is 0.248 e. The predicted octanol–water partition coefficient (Wildman–Crippen LogP) is 1.35. The van der Waals surface area contributed by atoms with Crippen LogP contribution >= 0.6 is 0 Å². The molecule has 4 heteroatoms. The SMILES string of the molecule is Cc1cc(C(N)=O)ccc1CNCCCCCO. The van der Waals surface area contributed by atoms with E-state index in [1.165, 1.54) is 5.56 Å². The van der Waals surface area contributed by atoms with E-state index >= 15 is 0 Å². The average molecular weight is 250 g/mol. The van der Waals surface area contributed by atoms with Crippen LogP contribution in [0.1, 0.15) is 40.7 Å². The third-order valence-electron chi connectivity index (χ3n) is 2.95. The molecule has 4 N–H and O–H groups in total. The second-order valence-corrected chi connectivity index (χ2v) is 4.47. The van der Waals surface area contributed by atoms with Crippen LogP contribution in [0.3, 0.4) is 0 Å². The molecule has 4 nitrogen and oxygen atoms in total. The van der Waals surface area contributed by atoms with Crippen molar-refractivity contribution < 1.29 is 9.90 Å². The van der Waals surface area contributed by atoms with Crippen LogP contribution in [0, 0.1) is 6.92 Å². The van der Waals surface area contributed by atoms with Gasteiger partial charge in [0, 0.05) is 18.7 Å². The topological polar surface area (TPSA) is 75.4 Å². The first-order valence-electron chi connectivity index (χ1n) is 6.36. The van der Waals surface area contributed by atoms with E-state index in [0.717, 1.165) is 37.9 Å². The zero-order valence-electron chi connectivity index (χ0n) is 10.9. The van der Waals surface area contributed by atoms with Crippen LogP contribution in [0.15, 0.2) is 18.2 Å². The highest BCUT2D eigenvalue weighted by molar-refractivity contribution is 5.93. The molecule has 0 saturated heterocycles. The van der Waals surface area contributed by atoms with Gasteiger partial charge in [-0.2, -0.15) is 0 Å². The molecule has 0 fully saturated rings. The van der Waals surface area contributed by atoms with E-state index in [4.69, 9.17) is 10.8 Å². The minimum Gasteiger partial charge on any atom is -0.396 e. The number of benzene rings is 1. The largest absolute Gasteiger partial charge is 0.396 e. The highest BCUT2D eigenvalue weighted by Crippen LogP contribution is 2.10. The van der Waals surface area contributed by atoms with Gasteiger partial charge in [-0.25, -0.2) is 0 Å². The monoisotopic (exact) mass is 250 g/mol. The fourth-order valence-corrected chi connectivity index (χ4v) is 1.81. The number of rotatable bonds is 8. The van der Waals surface area contributed by atoms with Crippen LogP contribution in [0.4, 0.5) is 0 Å². The van der Waals surface area contributed by atoms with E-state index < -0.39 is 0 Å². The van der Waals surface area contributed by atoms with Gasteiger partial charge in [0.25, 0.3) is 0 Å². The Bertz CT molecular complexity index is 391. The summed E-state index contributed by atoms with van der Waals surface area (Å²) < 4.78 is 0. The number of nitrogens with one attached hydrogen (secondary N) is 1. The van der Waals surface area contributed by atoms with Crippen molar-refractivity contribution in [3.05, 3.63) is 34.9 Å². The van der Waals surface area contributed by atoms with Crippen molar-refractivity contribution in [1.82, 2.24) is 5.32 Å². The summed E-state index contributed by atoms with van der Waals surface area (Å²) >= 11 is 0. The predicted molar refractivity (Wildman–Crippen MR) is 72.3 cm³/mol. The third-order valence-corrected chi connectivity index (χ3v) is 2.95. The third kappa shape index (κ3) is 4.85. The first kappa shape index (κ1) is 14.7. The van der Waals surface area contributed by atoms with Crippen molar-refractivity contribution in [2.24, 2.45) is 5.73 Å². The molecule has 0 aliphatic heterocycles. The summed E-state index contributed by atoms with van der Waals surface area (Å²) in [5, 5.41) is 12.0. The number of aliphatic hydroxyl groups is 1. The molecule has 0 bridgehead atoms. The van der Waals surface area contributed by atoms with E-state index in [1.807, 2.05) is 19.1 Å². The maximum absolute atomic E-state index is 11.0. The van der Waals surface area contributed by atoms with Crippen LogP contribution in [0.2, 0.25) is 0 Å². The fraction of sp³-hybridized carbons (Fsp3) is 0.500. The maximum atomic E-state index is 11.0. The Balaban J connectivity index is 2.36. The summed E-state index contributed by atoms with van der Waals surface area (Å²) in [7, 11) is 0. The number of hydrogen-bond donors (Lipinski definition) is 3. The van der Waals surface area contributed by atoms with Crippen LogP contribution in [-0.2, 0) is 6.54 Å². The Morgan fingerprint density at radius 2 is 2.11 bits per heavy atom. The second kappa shape index (κ2) is 7.84. The number of unbranched alkanes of at least 4 members (excludes halogenated alkanes) is 2. The summed E-state index contributed by atoms with van der Waals surface area (Å²) in [6.07, 6.45) is 2.98. The molecule has 18 heavy (non-hydrogen) atoms. The van der Waals surface area contributed by atoms with Gasteiger partial charge in [-0.15, -0.1) is 0 Å². The number of aryl methyl sites for hydroxylation is 1. The lowest BCUT2D eigenvalue weighted by Crippen LogP contribution is -2.16. The van der Waals surface area contributed by atoms with E-state index in [1.54, 1.807) is 6.07 Å². The van der Waals surface area contributed by atoms with Crippen LogP contribution in [0.5, 0.6) is 0 Å². The van der Waals surface area contributed by atoms with Crippen LogP contribution < -0.4 is 11.1 Å². The van der Waals surface area contributed by atoms with Gasteiger partial charge in [0.1, 0.15) is 0 Å². The molecule has 1 amide bonds. The summed E-state index contributed by atoms with van der Waals surface area (Å²) in [4.78, 5) is 11.0. The zero-order valence-corrected chi connectivity index (χ0v) is 10.9. The normalized spacial score (nSPS) is 10.6. The summed E-state index contributed by atoms with van der Waals surface area (Å²) in [5.74, 6) is -0.387. The number of primary amides is 1. The average Bonchev–Trinajstić information content (AvgIpc) is 2.35. The smallest absolute Gasteiger partial charge is 0.248 e. The lowest BCUT2D eigenvalue weighted by Gasteiger charge is -2.08. The highest BCUT2D eigenvalue weighted by Gasteiger charge is 2.03. The lowest BCUT2D eigenvalue weighted by molar-refractivity contribution is 0.1000. The Kier molecular flexibility index (Phi) is 6.39. The highest BCUT2D eigenvalue weighted by atomic mass is 16.2. The molecule has 0 aliphatic carbocycles. The second-order valence-electron chi connectivity index (χ2n) is 4.47. The Hall–Kier alpha value is -1.39. The fourth-order valence-electron chi connectivity index (χ4n) is 1.81. The van der Waals surface area contributed by atoms with Gasteiger partial charge >= 0.3 is 0 Å². The molecule has 0 atom stereocenters. The van der Waals surface area contributed by atoms with Crippen molar-refractivity contribution in [2.75, 3.05) is 13.2 Å². The first-order chi connectivity index (χ1) is 8.65. The minimum atomic E-state index is -0.387. The molecule has 0 aliphatic rings. The molecule has 1 aromatic carbocycles. The van der Waals surface area contributed by atoms with E-state index in [2.05, 4.69) is 5.32 Å². The number of nitrogens with two attached hydrogens (primary N) is 1. The van der Waals surface area contributed by atoms with Crippen molar-refractivity contribution in [3.63, 3.8) is 0 Å². The molecule has 1 aromatic rings.